The Kier molecular flexibility index (Phi) is 3.63. The number of thiophene rings is 1. The molecule has 0 aliphatic heterocycles. The van der Waals surface area contributed by atoms with Crippen molar-refractivity contribution in [2.45, 2.75) is 6.61 Å². The van der Waals surface area contributed by atoms with Crippen molar-refractivity contribution in [3.05, 3.63) is 62.4 Å². The number of nitrogens with one attached hydrogen (secondary N) is 1. The van der Waals surface area contributed by atoms with Gasteiger partial charge in [-0.25, -0.2) is 0 Å². The van der Waals surface area contributed by atoms with Crippen LogP contribution >= 0.6 is 22.9 Å². The Morgan fingerprint density at radius 1 is 1.19 bits per heavy atom. The van der Waals surface area contributed by atoms with E-state index in [1.54, 1.807) is 30.3 Å². The van der Waals surface area contributed by atoms with Crippen molar-refractivity contribution in [3.63, 3.8) is 0 Å². The number of allylic oxidation sites excluding steroid dienone is 2. The molecule has 1 aliphatic rings. The molecule has 0 saturated carbocycles. The summed E-state index contributed by atoms with van der Waals surface area (Å²) in [6.07, 6.45) is 1.29. The molecular weight excluding hydrogens is 310 g/mol. The van der Waals surface area contributed by atoms with Gasteiger partial charge in [0.15, 0.2) is 5.78 Å². The van der Waals surface area contributed by atoms with E-state index in [9.17, 15) is 9.59 Å². The normalized spacial score (nSPS) is 13.9. The highest BCUT2D eigenvalue weighted by Crippen LogP contribution is 2.30. The molecule has 21 heavy (non-hydrogen) atoms. The molecule has 4 nitrogen and oxygen atoms in total. The molecule has 0 amide bonds. The first-order valence-corrected chi connectivity index (χ1v) is 7.35. The Hall–Kier alpha value is -1.95. The maximum atomic E-state index is 12.4. The summed E-state index contributed by atoms with van der Waals surface area (Å²) in [6.45, 7) is -0.182. The molecule has 0 unspecified atom stereocenters. The van der Waals surface area contributed by atoms with E-state index in [-0.39, 0.29) is 23.9 Å². The zero-order valence-electron chi connectivity index (χ0n) is 10.7. The Morgan fingerprint density at radius 2 is 1.90 bits per heavy atom. The smallest absolute Gasteiger partial charge is 0.210 e. The van der Waals surface area contributed by atoms with Crippen molar-refractivity contribution in [1.82, 2.24) is 0 Å². The van der Waals surface area contributed by atoms with Gasteiger partial charge in [0.1, 0.15) is 0 Å². The maximum absolute atomic E-state index is 12.4. The molecule has 1 aromatic carbocycles. The average molecular weight is 320 g/mol. The van der Waals surface area contributed by atoms with Crippen LogP contribution in [0.5, 0.6) is 0 Å². The summed E-state index contributed by atoms with van der Waals surface area (Å²) in [4.78, 5) is 25.4. The molecule has 1 aliphatic carbocycles. The lowest BCUT2D eigenvalue weighted by Crippen LogP contribution is -2.19. The third kappa shape index (κ3) is 2.63. The van der Waals surface area contributed by atoms with E-state index in [1.165, 1.54) is 6.08 Å². The van der Waals surface area contributed by atoms with Crippen LogP contribution in [-0.2, 0) is 6.61 Å². The van der Waals surface area contributed by atoms with Crippen LogP contribution < -0.4 is 5.32 Å². The number of hydrogen-bond acceptors (Lipinski definition) is 5. The number of carbonyl (C=O) groups is 2. The van der Waals surface area contributed by atoms with Crippen LogP contribution in [0.2, 0.25) is 5.02 Å². The zero-order valence-corrected chi connectivity index (χ0v) is 12.3. The van der Waals surface area contributed by atoms with Crippen LogP contribution in [0.3, 0.4) is 0 Å². The molecule has 0 saturated heterocycles. The number of carbonyl (C=O) groups excluding carboxylic acids is 2. The number of Topliss-reactive ketones (excluding diaryl/α,β-unsaturated/α-hetero) is 1. The van der Waals surface area contributed by atoms with Gasteiger partial charge in [0.25, 0.3) is 0 Å². The van der Waals surface area contributed by atoms with E-state index in [0.29, 0.717) is 26.0 Å². The molecule has 1 aromatic heterocycles. The summed E-state index contributed by atoms with van der Waals surface area (Å²) in [7, 11) is 0. The second-order valence-corrected chi connectivity index (χ2v) is 6.07. The Labute approximate surface area is 129 Å². The van der Waals surface area contributed by atoms with Gasteiger partial charge in [-0.3, -0.25) is 9.59 Å². The minimum absolute atomic E-state index is 0.182. The SMILES string of the molecule is O=C1C(Nc2ccc(Cl)cc2)=CC(=O)c2sc(CO)cc21. The number of hydrogen-bond donors (Lipinski definition) is 2. The molecule has 0 radical (unpaired) electrons. The molecule has 106 valence electrons. The number of fused-ring (bicyclic) bond motifs is 1. The summed E-state index contributed by atoms with van der Waals surface area (Å²) >= 11 is 6.95. The largest absolute Gasteiger partial charge is 0.391 e. The fraction of sp³-hybridized carbons (Fsp3) is 0.0667. The summed E-state index contributed by atoms with van der Waals surface area (Å²) in [5, 5.41) is 12.7. The predicted molar refractivity (Wildman–Crippen MR) is 82.1 cm³/mol. The highest BCUT2D eigenvalue weighted by molar-refractivity contribution is 7.14. The van der Waals surface area contributed by atoms with Gasteiger partial charge in [0.2, 0.25) is 5.78 Å². The fourth-order valence-electron chi connectivity index (χ4n) is 2.06. The van der Waals surface area contributed by atoms with E-state index in [1.807, 2.05) is 0 Å². The Balaban J connectivity index is 1.92. The van der Waals surface area contributed by atoms with E-state index in [0.717, 1.165) is 11.3 Å². The van der Waals surface area contributed by atoms with Gasteiger partial charge in [-0.2, -0.15) is 0 Å². The van der Waals surface area contributed by atoms with Gasteiger partial charge >= 0.3 is 0 Å². The lowest BCUT2D eigenvalue weighted by atomic mass is 10.00. The van der Waals surface area contributed by atoms with Gasteiger partial charge in [0.05, 0.1) is 17.2 Å². The number of halogens is 1. The van der Waals surface area contributed by atoms with E-state index < -0.39 is 0 Å². The highest BCUT2D eigenvalue weighted by Gasteiger charge is 2.28. The van der Waals surface area contributed by atoms with Gasteiger partial charge in [-0.1, -0.05) is 11.6 Å². The number of anilines is 1. The molecule has 1 heterocycles. The number of ketones is 2. The summed E-state index contributed by atoms with van der Waals surface area (Å²) in [5.41, 5.74) is 1.23. The van der Waals surface area contributed by atoms with Crippen molar-refractivity contribution in [1.29, 1.82) is 0 Å². The van der Waals surface area contributed by atoms with Crippen LogP contribution in [0.15, 0.2) is 42.1 Å². The minimum atomic E-state index is -0.254. The standard InChI is InChI=1S/C15H10ClNO3S/c16-8-1-3-9(4-2-8)17-12-6-13(19)15-11(14(12)20)5-10(7-18)21-15/h1-6,17-18H,7H2. The Morgan fingerprint density at radius 3 is 2.57 bits per heavy atom. The predicted octanol–water partition coefficient (Wildman–Crippen LogP) is 3.27. The second-order valence-electron chi connectivity index (χ2n) is 4.50. The topological polar surface area (TPSA) is 66.4 Å². The average Bonchev–Trinajstić information content (AvgIpc) is 2.92. The van der Waals surface area contributed by atoms with Crippen molar-refractivity contribution in [3.8, 4) is 0 Å². The first kappa shape index (κ1) is 14.0. The van der Waals surface area contributed by atoms with E-state index >= 15 is 0 Å². The molecular formula is C15H10ClNO3S. The van der Waals surface area contributed by atoms with Crippen molar-refractivity contribution in [2.24, 2.45) is 0 Å². The van der Waals surface area contributed by atoms with Crippen molar-refractivity contribution >= 4 is 40.2 Å². The number of benzene rings is 1. The highest BCUT2D eigenvalue weighted by atomic mass is 35.5. The second kappa shape index (κ2) is 5.44. The lowest BCUT2D eigenvalue weighted by molar-refractivity contribution is 0.0988. The van der Waals surface area contributed by atoms with Crippen molar-refractivity contribution < 1.29 is 14.7 Å². The number of rotatable bonds is 3. The van der Waals surface area contributed by atoms with Crippen LogP contribution in [0, 0.1) is 0 Å². The molecule has 0 spiro atoms. The molecule has 2 N–H and O–H groups in total. The minimum Gasteiger partial charge on any atom is -0.391 e. The quantitative estimate of drug-likeness (QED) is 0.911. The molecule has 0 fully saturated rings. The van der Waals surface area contributed by atoms with E-state index in [4.69, 9.17) is 16.7 Å². The van der Waals surface area contributed by atoms with Crippen LogP contribution in [0.4, 0.5) is 5.69 Å². The van der Waals surface area contributed by atoms with Crippen LogP contribution in [0.1, 0.15) is 24.9 Å². The summed E-state index contributed by atoms with van der Waals surface area (Å²) in [6, 6.07) is 8.40. The van der Waals surface area contributed by atoms with Gasteiger partial charge in [0, 0.05) is 27.2 Å². The number of aliphatic hydroxyl groups excluding tert-OH is 1. The summed E-state index contributed by atoms with van der Waals surface area (Å²) < 4.78 is 0. The lowest BCUT2D eigenvalue weighted by Gasteiger charge is -2.13. The molecule has 6 heteroatoms. The monoisotopic (exact) mass is 319 g/mol. The first-order chi connectivity index (χ1) is 10.1. The van der Waals surface area contributed by atoms with Gasteiger partial charge < -0.3 is 10.4 Å². The molecule has 0 bridgehead atoms. The van der Waals surface area contributed by atoms with Gasteiger partial charge in [-0.15, -0.1) is 11.3 Å². The van der Waals surface area contributed by atoms with Crippen LogP contribution in [0.25, 0.3) is 0 Å². The van der Waals surface area contributed by atoms with E-state index in [2.05, 4.69) is 5.32 Å². The fourth-order valence-corrected chi connectivity index (χ4v) is 3.11. The summed E-state index contributed by atoms with van der Waals surface area (Å²) in [5.74, 6) is -0.485. The first-order valence-electron chi connectivity index (χ1n) is 6.15. The molecule has 0 atom stereocenters. The Bertz CT molecular complexity index is 762. The number of aliphatic hydroxyl groups is 1. The third-order valence-electron chi connectivity index (χ3n) is 3.05. The van der Waals surface area contributed by atoms with Crippen molar-refractivity contribution in [2.75, 3.05) is 5.32 Å². The van der Waals surface area contributed by atoms with Crippen LogP contribution in [-0.4, -0.2) is 16.7 Å². The van der Waals surface area contributed by atoms with Gasteiger partial charge in [-0.05, 0) is 30.3 Å². The molecule has 3 rings (SSSR count). The third-order valence-corrected chi connectivity index (χ3v) is 4.44. The zero-order chi connectivity index (χ0) is 15.0. The molecule has 2 aromatic rings. The maximum Gasteiger partial charge on any atom is 0.210 e.